The average molecular weight is 282 g/mol. The van der Waals surface area contributed by atoms with Gasteiger partial charge in [-0.1, -0.05) is 32.1 Å². The van der Waals surface area contributed by atoms with Gasteiger partial charge in [0.2, 0.25) is 5.91 Å². The van der Waals surface area contributed by atoms with Crippen LogP contribution < -0.4 is 10.6 Å². The lowest BCUT2D eigenvalue weighted by atomic mass is 9.90. The first-order valence-corrected chi connectivity index (χ1v) is 8.27. The van der Waals surface area contributed by atoms with Crippen LogP contribution in [0.3, 0.4) is 0 Å². The zero-order valence-electron chi connectivity index (χ0n) is 12.9. The molecule has 20 heavy (non-hydrogen) atoms. The van der Waals surface area contributed by atoms with Crippen molar-refractivity contribution in [2.45, 2.75) is 63.3 Å². The first-order valence-electron chi connectivity index (χ1n) is 8.27. The maximum Gasteiger partial charge on any atom is 0.223 e. The summed E-state index contributed by atoms with van der Waals surface area (Å²) in [5.74, 6) is 0.493. The van der Waals surface area contributed by atoms with E-state index in [0.717, 1.165) is 25.8 Å². The normalized spacial score (nSPS) is 28.9. The van der Waals surface area contributed by atoms with Crippen LogP contribution in [0, 0.1) is 5.92 Å². The molecule has 0 radical (unpaired) electrons. The molecule has 1 aliphatic carbocycles. The maximum atomic E-state index is 12.4. The molecule has 1 atom stereocenters. The molecule has 0 aromatic rings. The number of ether oxygens (including phenoxy) is 1. The fourth-order valence-corrected chi connectivity index (χ4v) is 3.59. The minimum absolute atomic E-state index is 0.0357. The van der Waals surface area contributed by atoms with Crippen LogP contribution in [-0.2, 0) is 9.53 Å². The van der Waals surface area contributed by atoms with Crippen molar-refractivity contribution in [2.24, 2.45) is 5.92 Å². The van der Waals surface area contributed by atoms with Crippen LogP contribution >= 0.6 is 0 Å². The van der Waals surface area contributed by atoms with E-state index in [1.54, 1.807) is 7.11 Å². The van der Waals surface area contributed by atoms with E-state index in [1.165, 1.54) is 38.5 Å². The summed E-state index contributed by atoms with van der Waals surface area (Å²) in [6, 6.07) is 0. The summed E-state index contributed by atoms with van der Waals surface area (Å²) in [6.45, 7) is 2.41. The first-order chi connectivity index (χ1) is 9.76. The van der Waals surface area contributed by atoms with Crippen molar-refractivity contribution >= 4 is 5.91 Å². The summed E-state index contributed by atoms with van der Waals surface area (Å²) < 4.78 is 5.33. The van der Waals surface area contributed by atoms with E-state index < -0.39 is 0 Å². The standard InChI is InChI=1S/C16H30N2O2/c1-20-13-16(10-7-11-18-16)12-17-15(19)14-8-5-3-2-4-6-9-14/h14,18H,2-13H2,1H3,(H,17,19). The summed E-state index contributed by atoms with van der Waals surface area (Å²) in [5.41, 5.74) is -0.0357. The summed E-state index contributed by atoms with van der Waals surface area (Å²) in [7, 11) is 1.73. The van der Waals surface area contributed by atoms with Crippen molar-refractivity contribution < 1.29 is 9.53 Å². The van der Waals surface area contributed by atoms with E-state index in [9.17, 15) is 4.79 Å². The highest BCUT2D eigenvalue weighted by Crippen LogP contribution is 2.23. The molecular formula is C16H30N2O2. The summed E-state index contributed by atoms with van der Waals surface area (Å²) >= 11 is 0. The number of hydrogen-bond donors (Lipinski definition) is 2. The molecule has 1 amide bonds. The predicted molar refractivity (Wildman–Crippen MR) is 80.7 cm³/mol. The zero-order chi connectivity index (χ0) is 14.3. The molecule has 1 aliphatic heterocycles. The van der Waals surface area contributed by atoms with Gasteiger partial charge in [-0.3, -0.25) is 4.79 Å². The Morgan fingerprint density at radius 1 is 1.20 bits per heavy atom. The molecule has 4 heteroatoms. The monoisotopic (exact) mass is 282 g/mol. The van der Waals surface area contributed by atoms with E-state index in [4.69, 9.17) is 4.74 Å². The van der Waals surface area contributed by atoms with Crippen molar-refractivity contribution in [3.8, 4) is 0 Å². The molecule has 1 heterocycles. The maximum absolute atomic E-state index is 12.4. The molecule has 116 valence electrons. The minimum Gasteiger partial charge on any atom is -0.383 e. The minimum atomic E-state index is -0.0357. The highest BCUT2D eigenvalue weighted by Gasteiger charge is 2.34. The molecule has 2 rings (SSSR count). The fourth-order valence-electron chi connectivity index (χ4n) is 3.59. The summed E-state index contributed by atoms with van der Waals surface area (Å²) in [6.07, 6.45) is 10.7. The topological polar surface area (TPSA) is 50.4 Å². The van der Waals surface area contributed by atoms with Gasteiger partial charge < -0.3 is 15.4 Å². The Morgan fingerprint density at radius 2 is 1.90 bits per heavy atom. The van der Waals surface area contributed by atoms with Crippen LogP contribution in [0.25, 0.3) is 0 Å². The zero-order valence-corrected chi connectivity index (χ0v) is 12.9. The van der Waals surface area contributed by atoms with Crippen LogP contribution in [0.4, 0.5) is 0 Å². The van der Waals surface area contributed by atoms with Crippen LogP contribution in [0.2, 0.25) is 0 Å². The van der Waals surface area contributed by atoms with Crippen molar-refractivity contribution in [2.75, 3.05) is 26.8 Å². The van der Waals surface area contributed by atoms with Gasteiger partial charge in [-0.15, -0.1) is 0 Å². The third-order valence-electron chi connectivity index (χ3n) is 4.83. The highest BCUT2D eigenvalue weighted by molar-refractivity contribution is 5.78. The van der Waals surface area contributed by atoms with E-state index >= 15 is 0 Å². The molecule has 0 spiro atoms. The van der Waals surface area contributed by atoms with Gasteiger partial charge in [0.1, 0.15) is 0 Å². The number of rotatable bonds is 5. The van der Waals surface area contributed by atoms with Crippen molar-refractivity contribution in [3.05, 3.63) is 0 Å². The molecule has 0 aromatic heterocycles. The van der Waals surface area contributed by atoms with Gasteiger partial charge >= 0.3 is 0 Å². The SMILES string of the molecule is COCC1(CNC(=O)C2CCCCCCC2)CCCN1. The number of hydrogen-bond acceptors (Lipinski definition) is 3. The van der Waals surface area contributed by atoms with Crippen LogP contribution in [0.15, 0.2) is 0 Å². The summed E-state index contributed by atoms with van der Waals surface area (Å²) in [4.78, 5) is 12.4. The molecular weight excluding hydrogens is 252 g/mol. The van der Waals surface area contributed by atoms with Gasteiger partial charge in [0, 0.05) is 19.6 Å². The lowest BCUT2D eigenvalue weighted by Gasteiger charge is -2.30. The van der Waals surface area contributed by atoms with Gasteiger partial charge in [-0.25, -0.2) is 0 Å². The van der Waals surface area contributed by atoms with E-state index in [1.807, 2.05) is 0 Å². The Balaban J connectivity index is 1.80. The highest BCUT2D eigenvalue weighted by atomic mass is 16.5. The second-order valence-corrected chi connectivity index (χ2v) is 6.50. The quantitative estimate of drug-likeness (QED) is 0.813. The van der Waals surface area contributed by atoms with Crippen molar-refractivity contribution in [1.82, 2.24) is 10.6 Å². The van der Waals surface area contributed by atoms with Gasteiger partial charge in [0.15, 0.2) is 0 Å². The predicted octanol–water partition coefficient (Wildman–Crippen LogP) is 2.23. The Labute approximate surface area is 123 Å². The Kier molecular flexibility index (Phi) is 6.30. The molecule has 4 nitrogen and oxygen atoms in total. The third kappa shape index (κ3) is 4.45. The smallest absolute Gasteiger partial charge is 0.223 e. The van der Waals surface area contributed by atoms with Crippen LogP contribution in [0.5, 0.6) is 0 Å². The molecule has 0 aromatic carbocycles. The van der Waals surface area contributed by atoms with Crippen LogP contribution in [-0.4, -0.2) is 38.3 Å². The molecule has 1 unspecified atom stereocenters. The molecule has 1 saturated heterocycles. The Bertz CT molecular complexity index is 293. The first kappa shape index (κ1) is 15.8. The van der Waals surface area contributed by atoms with E-state index in [0.29, 0.717) is 13.2 Å². The summed E-state index contributed by atoms with van der Waals surface area (Å²) in [5, 5.41) is 6.70. The Morgan fingerprint density at radius 3 is 2.50 bits per heavy atom. The van der Waals surface area contributed by atoms with E-state index in [-0.39, 0.29) is 17.4 Å². The molecule has 0 bridgehead atoms. The van der Waals surface area contributed by atoms with Gasteiger partial charge in [-0.05, 0) is 32.2 Å². The van der Waals surface area contributed by atoms with Crippen molar-refractivity contribution in [1.29, 1.82) is 0 Å². The molecule has 2 N–H and O–H groups in total. The molecule has 1 saturated carbocycles. The largest absolute Gasteiger partial charge is 0.383 e. The average Bonchev–Trinajstić information content (AvgIpc) is 2.85. The van der Waals surface area contributed by atoms with Gasteiger partial charge in [-0.2, -0.15) is 0 Å². The molecule has 2 aliphatic rings. The fraction of sp³-hybridized carbons (Fsp3) is 0.938. The van der Waals surface area contributed by atoms with E-state index in [2.05, 4.69) is 10.6 Å². The number of carbonyl (C=O) groups excluding carboxylic acids is 1. The van der Waals surface area contributed by atoms with Gasteiger partial charge in [0.05, 0.1) is 12.1 Å². The Hall–Kier alpha value is -0.610. The number of nitrogens with one attached hydrogen (secondary N) is 2. The van der Waals surface area contributed by atoms with Gasteiger partial charge in [0.25, 0.3) is 0 Å². The lowest BCUT2D eigenvalue weighted by molar-refractivity contribution is -0.126. The lowest BCUT2D eigenvalue weighted by Crippen LogP contribution is -2.53. The van der Waals surface area contributed by atoms with Crippen LogP contribution in [0.1, 0.15) is 57.8 Å². The number of methoxy groups -OCH3 is 1. The molecule has 2 fully saturated rings. The third-order valence-corrected chi connectivity index (χ3v) is 4.83. The second kappa shape index (κ2) is 7.99. The second-order valence-electron chi connectivity index (χ2n) is 6.50. The number of amides is 1. The number of carbonyl (C=O) groups is 1. The van der Waals surface area contributed by atoms with Crippen molar-refractivity contribution in [3.63, 3.8) is 0 Å².